The third-order valence-corrected chi connectivity index (χ3v) is 2.39. The summed E-state index contributed by atoms with van der Waals surface area (Å²) in [7, 11) is 3.04. The molecule has 0 amide bonds. The molecule has 0 aromatic carbocycles. The van der Waals surface area contributed by atoms with Crippen molar-refractivity contribution in [3.63, 3.8) is 0 Å². The minimum absolute atomic E-state index is 0.211. The Morgan fingerprint density at radius 3 is 3.11 bits per heavy atom. The van der Waals surface area contributed by atoms with E-state index in [9.17, 15) is 0 Å². The first-order chi connectivity index (χ1) is 4.43. The lowest BCUT2D eigenvalue weighted by Crippen LogP contribution is -1.89. The van der Waals surface area contributed by atoms with Crippen LogP contribution in [0.4, 0.5) is 0 Å². The van der Waals surface area contributed by atoms with Crippen molar-refractivity contribution in [3.05, 3.63) is 11.0 Å². The molecule has 50 valence electrons. The van der Waals surface area contributed by atoms with Crippen LogP contribution in [0.15, 0.2) is 15.4 Å². The smallest absolute Gasteiger partial charge is 0.0480 e. The highest BCUT2D eigenvalue weighted by Gasteiger charge is 1.96. The SMILES string of the molecule is OCCC1=CSSN=C1. The van der Waals surface area contributed by atoms with Crippen LogP contribution in [0.2, 0.25) is 0 Å². The Hall–Kier alpha value is 0.0700. The standard InChI is InChI=1S/C5H7NOS2/c7-2-1-5-3-6-9-8-4-5/h3-4,7H,1-2H2. The first-order valence-electron chi connectivity index (χ1n) is 2.59. The Morgan fingerprint density at radius 2 is 2.56 bits per heavy atom. The lowest BCUT2D eigenvalue weighted by Gasteiger charge is -2.00. The summed E-state index contributed by atoms with van der Waals surface area (Å²) in [6.07, 6.45) is 2.51. The maximum absolute atomic E-state index is 8.50. The number of rotatable bonds is 2. The van der Waals surface area contributed by atoms with Crippen molar-refractivity contribution >= 4 is 28.0 Å². The number of hydrogen-bond donors (Lipinski definition) is 1. The van der Waals surface area contributed by atoms with Crippen molar-refractivity contribution in [1.29, 1.82) is 0 Å². The van der Waals surface area contributed by atoms with Gasteiger partial charge in [-0.3, -0.25) is 0 Å². The molecule has 0 bridgehead atoms. The average Bonchev–Trinajstić information content (AvgIpc) is 1.91. The molecule has 2 nitrogen and oxygen atoms in total. The van der Waals surface area contributed by atoms with Gasteiger partial charge in [-0.2, -0.15) is 0 Å². The molecule has 0 radical (unpaired) electrons. The summed E-state index contributed by atoms with van der Waals surface area (Å²) in [5, 5.41) is 10.5. The number of aliphatic hydroxyl groups is 1. The maximum atomic E-state index is 8.50. The molecule has 1 heterocycles. The molecule has 0 spiro atoms. The maximum Gasteiger partial charge on any atom is 0.0480 e. The quantitative estimate of drug-likeness (QED) is 0.493. The fourth-order valence-corrected chi connectivity index (χ4v) is 1.83. The van der Waals surface area contributed by atoms with Crippen molar-refractivity contribution < 1.29 is 5.11 Å². The minimum atomic E-state index is 0.211. The van der Waals surface area contributed by atoms with E-state index in [-0.39, 0.29) is 6.61 Å². The largest absolute Gasteiger partial charge is 0.396 e. The van der Waals surface area contributed by atoms with Gasteiger partial charge in [0.15, 0.2) is 0 Å². The van der Waals surface area contributed by atoms with Gasteiger partial charge in [0, 0.05) is 23.8 Å². The molecular weight excluding hydrogens is 154 g/mol. The van der Waals surface area contributed by atoms with Gasteiger partial charge in [-0.1, -0.05) is 0 Å². The zero-order valence-corrected chi connectivity index (χ0v) is 6.41. The van der Waals surface area contributed by atoms with Crippen molar-refractivity contribution in [1.82, 2.24) is 0 Å². The first-order valence-corrected chi connectivity index (χ1v) is 4.76. The molecule has 0 fully saturated rings. The summed E-state index contributed by atoms with van der Waals surface area (Å²) < 4.78 is 3.95. The Kier molecular flexibility index (Phi) is 3.17. The van der Waals surface area contributed by atoms with Gasteiger partial charge in [0.05, 0.1) is 0 Å². The molecular formula is C5H7NOS2. The Labute approximate surface area is 62.0 Å². The van der Waals surface area contributed by atoms with E-state index in [2.05, 4.69) is 4.40 Å². The van der Waals surface area contributed by atoms with E-state index in [1.165, 1.54) is 11.0 Å². The highest BCUT2D eigenvalue weighted by molar-refractivity contribution is 8.77. The van der Waals surface area contributed by atoms with Crippen molar-refractivity contribution in [2.45, 2.75) is 6.42 Å². The fraction of sp³-hybridized carbons (Fsp3) is 0.400. The van der Waals surface area contributed by atoms with Crippen LogP contribution in [0.5, 0.6) is 0 Å². The monoisotopic (exact) mass is 161 g/mol. The van der Waals surface area contributed by atoms with E-state index in [0.29, 0.717) is 0 Å². The molecule has 9 heavy (non-hydrogen) atoms. The average molecular weight is 161 g/mol. The van der Waals surface area contributed by atoms with Crippen molar-refractivity contribution in [2.75, 3.05) is 6.61 Å². The summed E-state index contributed by atoms with van der Waals surface area (Å²) in [6.45, 7) is 0.211. The lowest BCUT2D eigenvalue weighted by atomic mass is 10.2. The predicted molar refractivity (Wildman–Crippen MR) is 43.5 cm³/mol. The number of hydrogen-bond acceptors (Lipinski definition) is 4. The van der Waals surface area contributed by atoms with Gasteiger partial charge in [0.2, 0.25) is 0 Å². The molecule has 0 aliphatic carbocycles. The Bertz CT molecular complexity index is 144. The van der Waals surface area contributed by atoms with Gasteiger partial charge in [-0.05, 0) is 28.2 Å². The second-order valence-corrected chi connectivity index (χ2v) is 3.38. The third-order valence-electron chi connectivity index (χ3n) is 0.905. The highest BCUT2D eigenvalue weighted by Crippen LogP contribution is 2.28. The lowest BCUT2D eigenvalue weighted by molar-refractivity contribution is 0.301. The van der Waals surface area contributed by atoms with Gasteiger partial charge >= 0.3 is 0 Å². The van der Waals surface area contributed by atoms with E-state index in [4.69, 9.17) is 5.11 Å². The van der Waals surface area contributed by atoms with E-state index < -0.39 is 0 Å². The zero-order valence-electron chi connectivity index (χ0n) is 4.78. The molecule has 0 saturated carbocycles. The third kappa shape index (κ3) is 2.43. The molecule has 1 N–H and O–H groups in total. The highest BCUT2D eigenvalue weighted by atomic mass is 33.1. The molecule has 0 saturated heterocycles. The van der Waals surface area contributed by atoms with E-state index >= 15 is 0 Å². The second kappa shape index (κ2) is 3.98. The molecule has 1 aliphatic heterocycles. The van der Waals surface area contributed by atoms with Gasteiger partial charge in [0.25, 0.3) is 0 Å². The molecule has 0 aromatic rings. The van der Waals surface area contributed by atoms with Gasteiger partial charge in [-0.25, -0.2) is 4.40 Å². The van der Waals surface area contributed by atoms with Crippen LogP contribution >= 0.6 is 21.8 Å². The molecule has 0 atom stereocenters. The van der Waals surface area contributed by atoms with E-state index in [1.54, 1.807) is 17.0 Å². The first kappa shape index (κ1) is 7.18. The van der Waals surface area contributed by atoms with Crippen molar-refractivity contribution in [2.24, 2.45) is 4.40 Å². The predicted octanol–water partition coefficient (Wildman–Crippen LogP) is 1.63. The van der Waals surface area contributed by atoms with E-state index in [0.717, 1.165) is 12.0 Å². The van der Waals surface area contributed by atoms with Gasteiger partial charge < -0.3 is 5.11 Å². The minimum Gasteiger partial charge on any atom is -0.396 e. The summed E-state index contributed by atoms with van der Waals surface area (Å²) in [5.41, 5.74) is 1.11. The van der Waals surface area contributed by atoms with Crippen molar-refractivity contribution in [3.8, 4) is 0 Å². The summed E-state index contributed by atoms with van der Waals surface area (Å²) >= 11 is 0. The van der Waals surface area contributed by atoms with Crippen LogP contribution < -0.4 is 0 Å². The van der Waals surface area contributed by atoms with Crippen LogP contribution in [0, 0.1) is 0 Å². The molecule has 0 aromatic heterocycles. The van der Waals surface area contributed by atoms with Crippen LogP contribution in [0.25, 0.3) is 0 Å². The van der Waals surface area contributed by atoms with Crippen LogP contribution in [-0.4, -0.2) is 17.9 Å². The molecule has 1 aliphatic rings. The van der Waals surface area contributed by atoms with Gasteiger partial charge in [-0.15, -0.1) is 0 Å². The van der Waals surface area contributed by atoms with Gasteiger partial charge in [0.1, 0.15) is 0 Å². The summed E-state index contributed by atoms with van der Waals surface area (Å²) in [4.78, 5) is 0. The second-order valence-electron chi connectivity index (χ2n) is 1.57. The summed E-state index contributed by atoms with van der Waals surface area (Å²) in [5.74, 6) is 0. The summed E-state index contributed by atoms with van der Waals surface area (Å²) in [6, 6.07) is 0. The van der Waals surface area contributed by atoms with Crippen LogP contribution in [-0.2, 0) is 0 Å². The number of nitrogens with zero attached hydrogens (tertiary/aromatic N) is 1. The topological polar surface area (TPSA) is 32.6 Å². The Balaban J connectivity index is 2.38. The molecule has 0 unspecified atom stereocenters. The van der Waals surface area contributed by atoms with E-state index in [1.807, 2.05) is 5.41 Å². The molecule has 4 heteroatoms. The van der Waals surface area contributed by atoms with Crippen LogP contribution in [0.3, 0.4) is 0 Å². The number of aliphatic hydroxyl groups excluding tert-OH is 1. The zero-order chi connectivity index (χ0) is 6.53. The van der Waals surface area contributed by atoms with Crippen LogP contribution in [0.1, 0.15) is 6.42 Å². The normalized spacial score (nSPS) is 17.7. The molecule has 1 rings (SSSR count). The fourth-order valence-electron chi connectivity index (χ4n) is 0.480. The Morgan fingerprint density at radius 1 is 1.67 bits per heavy atom.